The highest BCUT2D eigenvalue weighted by Crippen LogP contribution is 2.44. The number of nitrogens with one attached hydrogen (secondary N) is 1. The molecule has 0 radical (unpaired) electrons. The summed E-state index contributed by atoms with van der Waals surface area (Å²) in [6.45, 7) is -0.143. The molecule has 7 nitrogen and oxygen atoms in total. The number of rotatable bonds is 6. The van der Waals surface area contributed by atoms with Crippen molar-refractivity contribution in [1.29, 1.82) is 0 Å². The number of phenols is 2. The van der Waals surface area contributed by atoms with Crippen molar-refractivity contribution >= 4 is 6.09 Å². The smallest absolute Gasteiger partial charge is 0.407 e. The molecule has 3 aromatic rings. The lowest BCUT2D eigenvalue weighted by atomic mass is 9.98. The maximum Gasteiger partial charge on any atom is 0.407 e. The maximum absolute atomic E-state index is 12.2. The van der Waals surface area contributed by atoms with Gasteiger partial charge in [-0.3, -0.25) is 0 Å². The Bertz CT molecular complexity index is 1050. The molecule has 160 valence electrons. The molecule has 0 aliphatic heterocycles. The van der Waals surface area contributed by atoms with E-state index in [1.165, 1.54) is 12.1 Å². The number of benzene rings is 3. The minimum Gasteiger partial charge on any atom is -0.508 e. The van der Waals surface area contributed by atoms with Gasteiger partial charge in [0.25, 0.3) is 0 Å². The van der Waals surface area contributed by atoms with E-state index >= 15 is 0 Å². The Morgan fingerprint density at radius 3 is 2.16 bits per heavy atom. The zero-order valence-corrected chi connectivity index (χ0v) is 16.6. The molecule has 2 unspecified atom stereocenters. The molecular formula is C24H23NO6. The van der Waals surface area contributed by atoms with Gasteiger partial charge >= 0.3 is 6.09 Å². The predicted molar refractivity (Wildman–Crippen MR) is 114 cm³/mol. The van der Waals surface area contributed by atoms with E-state index in [9.17, 15) is 25.2 Å². The lowest BCUT2D eigenvalue weighted by Gasteiger charge is -2.20. The molecular weight excluding hydrogens is 398 g/mol. The van der Waals surface area contributed by atoms with Gasteiger partial charge in [0.1, 0.15) is 30.3 Å². The SMILES string of the molecule is O=C(NCC(O)C(O)c1ccc(O)cc1O)OCC1c2ccccc2-c2ccccc21. The fourth-order valence-electron chi connectivity index (χ4n) is 3.94. The van der Waals surface area contributed by atoms with Gasteiger partial charge in [0.15, 0.2) is 0 Å². The molecule has 0 saturated carbocycles. The second-order valence-electron chi connectivity index (χ2n) is 7.46. The fraction of sp³-hybridized carbons (Fsp3) is 0.208. The molecule has 2 atom stereocenters. The van der Waals surface area contributed by atoms with Crippen LogP contribution >= 0.6 is 0 Å². The highest BCUT2D eigenvalue weighted by Gasteiger charge is 2.29. The van der Waals surface area contributed by atoms with E-state index in [2.05, 4.69) is 5.32 Å². The van der Waals surface area contributed by atoms with Crippen molar-refractivity contribution in [1.82, 2.24) is 5.32 Å². The van der Waals surface area contributed by atoms with Gasteiger partial charge in [-0.05, 0) is 34.4 Å². The van der Waals surface area contributed by atoms with Crippen molar-refractivity contribution in [2.24, 2.45) is 0 Å². The summed E-state index contributed by atoms with van der Waals surface area (Å²) in [5.74, 6) is -0.602. The topological polar surface area (TPSA) is 119 Å². The van der Waals surface area contributed by atoms with Crippen LogP contribution in [0.1, 0.15) is 28.7 Å². The first kappa shape index (κ1) is 20.7. The van der Waals surface area contributed by atoms with Crippen LogP contribution in [0.15, 0.2) is 66.7 Å². The Labute approximate surface area is 179 Å². The van der Waals surface area contributed by atoms with Gasteiger partial charge in [-0.25, -0.2) is 4.79 Å². The van der Waals surface area contributed by atoms with Crippen molar-refractivity contribution in [3.05, 3.63) is 83.4 Å². The number of aromatic hydroxyl groups is 2. The molecule has 5 N–H and O–H groups in total. The summed E-state index contributed by atoms with van der Waals surface area (Å²) in [5, 5.41) is 41.9. The number of ether oxygens (including phenoxy) is 1. The third-order valence-corrected chi connectivity index (χ3v) is 5.50. The van der Waals surface area contributed by atoms with Gasteiger partial charge in [0.05, 0.1) is 0 Å². The van der Waals surface area contributed by atoms with E-state index < -0.39 is 18.3 Å². The lowest BCUT2D eigenvalue weighted by molar-refractivity contribution is 0.0172. The molecule has 3 aromatic carbocycles. The highest BCUT2D eigenvalue weighted by molar-refractivity contribution is 5.79. The number of alkyl carbamates (subject to hydrolysis) is 1. The predicted octanol–water partition coefficient (Wildman–Crippen LogP) is 3.03. The molecule has 4 rings (SSSR count). The summed E-state index contributed by atoms with van der Waals surface area (Å²) < 4.78 is 5.39. The molecule has 0 heterocycles. The van der Waals surface area contributed by atoms with E-state index in [0.717, 1.165) is 28.3 Å². The molecule has 7 heteroatoms. The third kappa shape index (κ3) is 4.19. The number of phenolic OH excluding ortho intramolecular Hbond substituents is 2. The van der Waals surface area contributed by atoms with Crippen LogP contribution in [0.4, 0.5) is 4.79 Å². The minimum absolute atomic E-state index is 0.0413. The number of carbonyl (C=O) groups excluding carboxylic acids is 1. The largest absolute Gasteiger partial charge is 0.508 e. The van der Waals surface area contributed by atoms with Crippen LogP contribution in [-0.2, 0) is 4.74 Å². The van der Waals surface area contributed by atoms with Crippen LogP contribution in [-0.4, -0.2) is 45.8 Å². The monoisotopic (exact) mass is 421 g/mol. The molecule has 0 bridgehead atoms. The van der Waals surface area contributed by atoms with Crippen LogP contribution in [0.3, 0.4) is 0 Å². The second kappa shape index (κ2) is 8.67. The normalized spacial score (nSPS) is 14.4. The number of aliphatic hydroxyl groups is 2. The first-order valence-corrected chi connectivity index (χ1v) is 9.92. The molecule has 1 aliphatic carbocycles. The summed E-state index contributed by atoms with van der Waals surface area (Å²) in [5.41, 5.74) is 4.47. The van der Waals surface area contributed by atoms with Gasteiger partial charge < -0.3 is 30.5 Å². The Kier molecular flexibility index (Phi) is 5.79. The number of fused-ring (bicyclic) bond motifs is 3. The molecule has 0 spiro atoms. The highest BCUT2D eigenvalue weighted by atomic mass is 16.5. The van der Waals surface area contributed by atoms with Crippen LogP contribution < -0.4 is 5.32 Å². The van der Waals surface area contributed by atoms with E-state index in [-0.39, 0.29) is 36.1 Å². The van der Waals surface area contributed by atoms with Crippen molar-refractivity contribution < 1.29 is 30.0 Å². The van der Waals surface area contributed by atoms with E-state index in [1.807, 2.05) is 48.5 Å². The number of aliphatic hydroxyl groups excluding tert-OH is 2. The molecule has 31 heavy (non-hydrogen) atoms. The molecule has 0 saturated heterocycles. The fourth-order valence-corrected chi connectivity index (χ4v) is 3.94. The van der Waals surface area contributed by atoms with Gasteiger partial charge in [0, 0.05) is 24.1 Å². The summed E-state index contributed by atoms with van der Waals surface area (Å²) in [7, 11) is 0. The van der Waals surface area contributed by atoms with Gasteiger partial charge in [-0.2, -0.15) is 0 Å². The zero-order chi connectivity index (χ0) is 22.0. The molecule has 0 fully saturated rings. The van der Waals surface area contributed by atoms with Crippen molar-refractivity contribution in [2.45, 2.75) is 18.1 Å². The summed E-state index contributed by atoms with van der Waals surface area (Å²) in [6.07, 6.45) is -3.55. The van der Waals surface area contributed by atoms with Gasteiger partial charge in [0.2, 0.25) is 0 Å². The maximum atomic E-state index is 12.2. The van der Waals surface area contributed by atoms with E-state index in [0.29, 0.717) is 0 Å². The quantitative estimate of drug-likeness (QED) is 0.417. The minimum atomic E-state index is -1.45. The van der Waals surface area contributed by atoms with Crippen molar-refractivity contribution in [3.8, 4) is 22.6 Å². The van der Waals surface area contributed by atoms with Gasteiger partial charge in [-0.1, -0.05) is 48.5 Å². The number of carbonyl (C=O) groups is 1. The first-order valence-electron chi connectivity index (χ1n) is 9.92. The molecule has 1 amide bonds. The standard InChI is InChI=1S/C24H23NO6/c26-14-9-10-19(21(27)11-14)23(29)22(28)12-25-24(30)31-13-20-17-7-3-1-5-15(17)16-6-2-4-8-18(16)20/h1-11,20,22-23,26-29H,12-13H2,(H,25,30). The van der Waals surface area contributed by atoms with Crippen molar-refractivity contribution in [3.63, 3.8) is 0 Å². The molecule has 1 aliphatic rings. The summed E-state index contributed by atoms with van der Waals surface area (Å²) in [6, 6.07) is 19.6. The zero-order valence-electron chi connectivity index (χ0n) is 16.6. The van der Waals surface area contributed by atoms with Crippen molar-refractivity contribution in [2.75, 3.05) is 13.2 Å². The summed E-state index contributed by atoms with van der Waals surface area (Å²) in [4.78, 5) is 12.2. The second-order valence-corrected chi connectivity index (χ2v) is 7.46. The average Bonchev–Trinajstić information content (AvgIpc) is 3.09. The first-order chi connectivity index (χ1) is 15.0. The van der Waals surface area contributed by atoms with E-state index in [1.54, 1.807) is 0 Å². The lowest BCUT2D eigenvalue weighted by Crippen LogP contribution is -2.36. The Hall–Kier alpha value is -3.55. The van der Waals surface area contributed by atoms with Crippen LogP contribution in [0.25, 0.3) is 11.1 Å². The average molecular weight is 421 g/mol. The summed E-state index contributed by atoms with van der Waals surface area (Å²) >= 11 is 0. The third-order valence-electron chi connectivity index (χ3n) is 5.50. The van der Waals surface area contributed by atoms with E-state index in [4.69, 9.17) is 4.74 Å². The number of hydrogen-bond donors (Lipinski definition) is 5. The number of hydrogen-bond acceptors (Lipinski definition) is 6. The number of amides is 1. The Morgan fingerprint density at radius 2 is 1.55 bits per heavy atom. The molecule has 0 aromatic heterocycles. The van der Waals surface area contributed by atoms with Gasteiger partial charge in [-0.15, -0.1) is 0 Å². The van der Waals surface area contributed by atoms with Crippen LogP contribution in [0.2, 0.25) is 0 Å². The van der Waals surface area contributed by atoms with Crippen LogP contribution in [0.5, 0.6) is 11.5 Å². The van der Waals surface area contributed by atoms with Crippen LogP contribution in [0, 0.1) is 0 Å². The Morgan fingerprint density at radius 1 is 0.935 bits per heavy atom. The Balaban J connectivity index is 1.35.